The van der Waals surface area contributed by atoms with E-state index in [0.717, 1.165) is 22.3 Å². The lowest BCUT2D eigenvalue weighted by atomic mass is 10.2. The van der Waals surface area contributed by atoms with Gasteiger partial charge in [-0.3, -0.25) is 9.59 Å². The van der Waals surface area contributed by atoms with E-state index >= 15 is 0 Å². The number of hydrogen-bond donors (Lipinski definition) is 2. The molecule has 0 amide bonds. The number of carboxylic acid groups (broad SMARTS) is 2. The molecular formula is C44H54N2O12S2. The van der Waals surface area contributed by atoms with Crippen molar-refractivity contribution in [3.63, 3.8) is 0 Å². The van der Waals surface area contributed by atoms with Crippen molar-refractivity contribution in [2.75, 3.05) is 28.4 Å². The fraction of sp³-hybridized carbons (Fsp3) is 0.318. The molecule has 2 atom stereocenters. The van der Waals surface area contributed by atoms with Crippen LogP contribution in [-0.4, -0.2) is 86.5 Å². The minimum atomic E-state index is -4.14. The first-order chi connectivity index (χ1) is 28.6. The minimum absolute atomic E-state index is 0.0379. The number of hydrogen-bond acceptors (Lipinski definition) is 10. The Kier molecular flexibility index (Phi) is 19.3. The highest BCUT2D eigenvalue weighted by atomic mass is 32.2. The third-order valence-electron chi connectivity index (χ3n) is 9.33. The largest absolute Gasteiger partial charge is 0.497 e. The van der Waals surface area contributed by atoms with Gasteiger partial charge in [0.25, 0.3) is 0 Å². The van der Waals surface area contributed by atoms with Gasteiger partial charge < -0.3 is 29.2 Å². The second-order valence-electron chi connectivity index (χ2n) is 13.4. The van der Waals surface area contributed by atoms with E-state index in [0.29, 0.717) is 23.0 Å². The van der Waals surface area contributed by atoms with Crippen molar-refractivity contribution in [2.24, 2.45) is 0 Å². The second kappa shape index (κ2) is 23.8. The van der Waals surface area contributed by atoms with E-state index in [9.17, 15) is 36.6 Å². The molecule has 0 heterocycles. The van der Waals surface area contributed by atoms with Gasteiger partial charge >= 0.3 is 11.9 Å². The van der Waals surface area contributed by atoms with Crippen LogP contribution in [0.2, 0.25) is 0 Å². The highest BCUT2D eigenvalue weighted by molar-refractivity contribution is 7.90. The molecule has 0 unspecified atom stereocenters. The van der Waals surface area contributed by atoms with E-state index in [-0.39, 0.29) is 51.9 Å². The maximum atomic E-state index is 13.3. The minimum Gasteiger partial charge on any atom is -0.497 e. The van der Waals surface area contributed by atoms with Crippen LogP contribution in [0, 0.1) is 0 Å². The SMILES string of the molecule is C=CCC[C@@H](C(=O)O)S(=O)(=O)N(Cc1ccc(OC)cc1)Cc1ccc(OC)cc1.C=CCC[C@H](C(=O)O)S(=O)(=O)N(Cc1ccc(OC)cc1)Cc1ccc(OC)cc1. The number of rotatable bonds is 24. The van der Waals surface area contributed by atoms with Crippen LogP contribution in [0.4, 0.5) is 0 Å². The Hall–Kier alpha value is -5.68. The van der Waals surface area contributed by atoms with Gasteiger partial charge in [-0.15, -0.1) is 13.2 Å². The van der Waals surface area contributed by atoms with E-state index < -0.39 is 42.5 Å². The predicted molar refractivity (Wildman–Crippen MR) is 230 cm³/mol. The zero-order valence-electron chi connectivity index (χ0n) is 34.3. The Morgan fingerprint density at radius 2 is 0.717 bits per heavy atom. The van der Waals surface area contributed by atoms with Crippen molar-refractivity contribution in [1.82, 2.24) is 8.61 Å². The smallest absolute Gasteiger partial charge is 0.323 e. The normalized spacial score (nSPS) is 12.4. The van der Waals surface area contributed by atoms with E-state index in [1.807, 2.05) is 0 Å². The number of allylic oxidation sites excluding steroid dienone is 2. The van der Waals surface area contributed by atoms with Gasteiger partial charge in [-0.1, -0.05) is 60.7 Å². The lowest BCUT2D eigenvalue weighted by molar-refractivity contribution is -0.137. The number of ether oxygens (including phenoxy) is 4. The molecular weight excluding hydrogens is 813 g/mol. The lowest BCUT2D eigenvalue weighted by Crippen LogP contribution is -2.42. The molecule has 60 heavy (non-hydrogen) atoms. The number of aliphatic carboxylic acids is 2. The Balaban J connectivity index is 0.000000320. The van der Waals surface area contributed by atoms with Gasteiger partial charge in [-0.2, -0.15) is 8.61 Å². The molecule has 0 radical (unpaired) electrons. The van der Waals surface area contributed by atoms with Crippen LogP contribution >= 0.6 is 0 Å². The molecule has 0 aliphatic rings. The summed E-state index contributed by atoms with van der Waals surface area (Å²) >= 11 is 0. The molecule has 4 aromatic rings. The first-order valence-electron chi connectivity index (χ1n) is 18.8. The summed E-state index contributed by atoms with van der Waals surface area (Å²) in [6.07, 6.45) is 3.53. The van der Waals surface area contributed by atoms with E-state index in [1.165, 1.54) is 20.8 Å². The summed E-state index contributed by atoms with van der Waals surface area (Å²) in [4.78, 5) is 23.5. The number of nitrogens with zero attached hydrogens (tertiary/aromatic N) is 2. The molecule has 2 N–H and O–H groups in total. The highest BCUT2D eigenvalue weighted by Crippen LogP contribution is 2.25. The summed E-state index contributed by atoms with van der Waals surface area (Å²) in [5.41, 5.74) is 2.89. The van der Waals surface area contributed by atoms with Crippen molar-refractivity contribution >= 4 is 32.0 Å². The van der Waals surface area contributed by atoms with Crippen LogP contribution in [0.25, 0.3) is 0 Å². The van der Waals surface area contributed by atoms with Crippen molar-refractivity contribution < 1.29 is 55.6 Å². The fourth-order valence-corrected chi connectivity index (χ4v) is 9.32. The third kappa shape index (κ3) is 14.3. The second-order valence-corrected chi connectivity index (χ2v) is 17.6. The molecule has 0 aromatic heterocycles. The Morgan fingerprint density at radius 1 is 0.500 bits per heavy atom. The quantitative estimate of drug-likeness (QED) is 0.0695. The lowest BCUT2D eigenvalue weighted by Gasteiger charge is -2.26. The zero-order valence-corrected chi connectivity index (χ0v) is 35.9. The maximum Gasteiger partial charge on any atom is 0.323 e. The van der Waals surface area contributed by atoms with Gasteiger partial charge in [-0.25, -0.2) is 16.8 Å². The molecule has 324 valence electrons. The molecule has 0 bridgehead atoms. The monoisotopic (exact) mass is 866 g/mol. The number of sulfonamides is 2. The Bertz CT molecular complexity index is 1940. The average Bonchev–Trinajstić information content (AvgIpc) is 3.24. The fourth-order valence-electron chi connectivity index (χ4n) is 5.91. The van der Waals surface area contributed by atoms with Crippen LogP contribution in [0.3, 0.4) is 0 Å². The average molecular weight is 867 g/mol. The number of benzene rings is 4. The molecule has 4 rings (SSSR count). The van der Waals surface area contributed by atoms with E-state index in [4.69, 9.17) is 18.9 Å². The molecule has 0 saturated carbocycles. The summed E-state index contributed by atoms with van der Waals surface area (Å²) in [6.45, 7) is 7.28. The van der Waals surface area contributed by atoms with Gasteiger partial charge in [0, 0.05) is 26.2 Å². The van der Waals surface area contributed by atoms with Gasteiger partial charge in [0.1, 0.15) is 23.0 Å². The van der Waals surface area contributed by atoms with E-state index in [1.54, 1.807) is 126 Å². The molecule has 0 saturated heterocycles. The molecule has 0 aliphatic heterocycles. The number of methoxy groups -OCH3 is 4. The third-order valence-corrected chi connectivity index (χ3v) is 13.6. The Labute approximate surface area is 353 Å². The first-order valence-corrected chi connectivity index (χ1v) is 21.8. The summed E-state index contributed by atoms with van der Waals surface area (Å²) in [6, 6.07) is 28.0. The molecule has 0 fully saturated rings. The number of carbonyl (C=O) groups is 2. The van der Waals surface area contributed by atoms with Crippen LogP contribution in [0.15, 0.2) is 122 Å². The van der Waals surface area contributed by atoms with E-state index in [2.05, 4.69) is 13.2 Å². The zero-order chi connectivity index (χ0) is 44.3. The van der Waals surface area contributed by atoms with Crippen molar-refractivity contribution in [3.05, 3.63) is 145 Å². The van der Waals surface area contributed by atoms with Gasteiger partial charge in [0.05, 0.1) is 28.4 Å². The molecule has 16 heteroatoms. The van der Waals surface area contributed by atoms with Crippen LogP contribution < -0.4 is 18.9 Å². The Morgan fingerprint density at radius 3 is 0.883 bits per heavy atom. The van der Waals surface area contributed by atoms with Crippen molar-refractivity contribution in [2.45, 2.75) is 62.4 Å². The summed E-state index contributed by atoms with van der Waals surface area (Å²) in [5.74, 6) is -0.136. The van der Waals surface area contributed by atoms with Crippen LogP contribution in [-0.2, 0) is 55.8 Å². The van der Waals surface area contributed by atoms with Gasteiger partial charge in [0.2, 0.25) is 20.0 Å². The summed E-state index contributed by atoms with van der Waals surface area (Å²) < 4.78 is 76.2. The molecule has 0 aliphatic carbocycles. The van der Waals surface area contributed by atoms with Crippen LogP contribution in [0.5, 0.6) is 23.0 Å². The first kappa shape index (κ1) is 48.7. The molecule has 0 spiro atoms. The summed E-state index contributed by atoms with van der Waals surface area (Å²) in [7, 11) is -2.09. The molecule has 4 aromatic carbocycles. The molecule has 14 nitrogen and oxygen atoms in total. The van der Waals surface area contributed by atoms with Gasteiger partial charge in [0.15, 0.2) is 10.5 Å². The maximum absolute atomic E-state index is 13.3. The predicted octanol–water partition coefficient (Wildman–Crippen LogP) is 6.91. The van der Waals surface area contributed by atoms with Crippen LogP contribution in [0.1, 0.15) is 47.9 Å². The summed E-state index contributed by atoms with van der Waals surface area (Å²) in [5, 5.41) is 16.1. The van der Waals surface area contributed by atoms with Crippen molar-refractivity contribution in [3.8, 4) is 23.0 Å². The number of carboxylic acids is 2. The topological polar surface area (TPSA) is 186 Å². The van der Waals surface area contributed by atoms with Gasteiger partial charge in [-0.05, 0) is 96.5 Å². The highest BCUT2D eigenvalue weighted by Gasteiger charge is 2.38. The standard InChI is InChI=1S/2C22H27NO6S/c2*1-4-5-6-21(22(24)25)30(26,27)23(15-17-7-11-19(28-2)12-8-17)16-18-9-13-20(29-3)14-10-18/h2*4,7-14,21H,1,5-6,15-16H2,2-3H3,(H,24,25)/t2*21-/m10/s1. The van der Waals surface area contributed by atoms with Crippen molar-refractivity contribution in [1.29, 1.82) is 0 Å².